The molecule has 1 aromatic heterocycles. The van der Waals surface area contributed by atoms with Gasteiger partial charge in [-0.05, 0) is 42.3 Å². The molecule has 0 spiro atoms. The van der Waals surface area contributed by atoms with Crippen LogP contribution in [0.15, 0.2) is 51.4 Å². The third-order valence-electron chi connectivity index (χ3n) is 4.69. The van der Waals surface area contributed by atoms with Crippen molar-refractivity contribution in [2.24, 2.45) is 0 Å². The Bertz CT molecular complexity index is 928. The summed E-state index contributed by atoms with van der Waals surface area (Å²) < 4.78 is 7.00. The summed E-state index contributed by atoms with van der Waals surface area (Å²) in [6.45, 7) is 2.06. The van der Waals surface area contributed by atoms with Crippen molar-refractivity contribution < 1.29 is 9.21 Å². The number of rotatable bonds is 2. The van der Waals surface area contributed by atoms with Gasteiger partial charge in [-0.25, -0.2) is 0 Å². The zero-order valence-electron chi connectivity index (χ0n) is 13.0. The fourth-order valence-corrected chi connectivity index (χ4v) is 3.78. The molecule has 0 N–H and O–H groups in total. The maximum Gasteiger partial charge on any atom is 0.234 e. The second-order valence-corrected chi connectivity index (χ2v) is 6.92. The van der Waals surface area contributed by atoms with Crippen molar-refractivity contribution in [2.45, 2.75) is 19.3 Å². The molecule has 3 nitrogen and oxygen atoms in total. The van der Waals surface area contributed by atoms with Crippen LogP contribution in [0, 0.1) is 6.92 Å². The molecule has 2 heterocycles. The molecule has 1 atom stereocenters. The van der Waals surface area contributed by atoms with Gasteiger partial charge in [0.15, 0.2) is 0 Å². The first-order chi connectivity index (χ1) is 11.1. The van der Waals surface area contributed by atoms with Crippen molar-refractivity contribution in [1.82, 2.24) is 0 Å². The number of benzene rings is 2. The number of carbonyl (C=O) groups excluding carboxylic acids is 1. The number of para-hydroxylation sites is 1. The van der Waals surface area contributed by atoms with Gasteiger partial charge in [0.2, 0.25) is 5.91 Å². The largest absolute Gasteiger partial charge is 0.461 e. The summed E-state index contributed by atoms with van der Waals surface area (Å²) in [4.78, 5) is 14.4. The lowest BCUT2D eigenvalue weighted by Crippen LogP contribution is -2.24. The van der Waals surface area contributed by atoms with Gasteiger partial charge in [0, 0.05) is 29.0 Å². The number of fused-ring (bicyclic) bond motifs is 2. The van der Waals surface area contributed by atoms with Crippen LogP contribution in [-0.4, -0.2) is 13.0 Å². The molecular weight excluding hydrogens is 354 g/mol. The SMILES string of the molecule is Cc1c(CC2C(=O)N(C)c3ccc(Br)cc32)oc2ccccc12. The third kappa shape index (κ3) is 2.20. The Morgan fingerprint density at radius 1 is 1.22 bits per heavy atom. The first kappa shape index (κ1) is 14.5. The number of anilines is 1. The van der Waals surface area contributed by atoms with Gasteiger partial charge < -0.3 is 9.32 Å². The minimum absolute atomic E-state index is 0.123. The standard InChI is InChI=1S/C19H16BrNO2/c1-11-13-5-3-4-6-17(13)23-18(11)10-15-14-9-12(20)7-8-16(14)21(2)19(15)22/h3-9,15H,10H2,1-2H3. The van der Waals surface area contributed by atoms with Crippen molar-refractivity contribution in [1.29, 1.82) is 0 Å². The summed E-state index contributed by atoms with van der Waals surface area (Å²) >= 11 is 3.51. The smallest absolute Gasteiger partial charge is 0.234 e. The van der Waals surface area contributed by atoms with E-state index in [0.29, 0.717) is 6.42 Å². The summed E-state index contributed by atoms with van der Waals surface area (Å²) in [6, 6.07) is 14.0. The molecule has 1 unspecified atom stereocenters. The Balaban J connectivity index is 1.78. The van der Waals surface area contributed by atoms with Gasteiger partial charge in [-0.2, -0.15) is 0 Å². The average Bonchev–Trinajstić information content (AvgIpc) is 2.98. The molecule has 23 heavy (non-hydrogen) atoms. The Morgan fingerprint density at radius 2 is 2.00 bits per heavy atom. The summed E-state index contributed by atoms with van der Waals surface area (Å²) in [5.41, 5.74) is 4.05. The molecule has 0 fully saturated rings. The second kappa shape index (κ2) is 5.24. The quantitative estimate of drug-likeness (QED) is 0.649. The minimum atomic E-state index is -0.188. The zero-order chi connectivity index (χ0) is 16.1. The maximum absolute atomic E-state index is 12.7. The molecule has 2 aromatic carbocycles. The minimum Gasteiger partial charge on any atom is -0.461 e. The zero-order valence-corrected chi connectivity index (χ0v) is 14.6. The summed E-state index contributed by atoms with van der Waals surface area (Å²) in [6.07, 6.45) is 0.590. The summed E-state index contributed by atoms with van der Waals surface area (Å²) in [5, 5.41) is 1.12. The Kier molecular flexibility index (Phi) is 3.31. The molecule has 1 aliphatic rings. The van der Waals surface area contributed by atoms with E-state index in [4.69, 9.17) is 4.42 Å². The number of nitrogens with zero attached hydrogens (tertiary/aromatic N) is 1. The maximum atomic E-state index is 12.7. The molecule has 1 amide bonds. The highest BCUT2D eigenvalue weighted by molar-refractivity contribution is 9.10. The Hall–Kier alpha value is -2.07. The molecule has 0 bridgehead atoms. The van der Waals surface area contributed by atoms with Crippen molar-refractivity contribution in [2.75, 3.05) is 11.9 Å². The van der Waals surface area contributed by atoms with Crippen LogP contribution in [0.25, 0.3) is 11.0 Å². The van der Waals surface area contributed by atoms with Crippen molar-refractivity contribution in [3.05, 3.63) is 63.8 Å². The van der Waals surface area contributed by atoms with Crippen LogP contribution in [0.4, 0.5) is 5.69 Å². The molecule has 0 saturated carbocycles. The lowest BCUT2D eigenvalue weighted by atomic mass is 9.94. The molecule has 4 rings (SSSR count). The number of likely N-dealkylation sites (N-methyl/N-ethyl adjacent to an activating group) is 1. The van der Waals surface area contributed by atoms with Gasteiger partial charge >= 0.3 is 0 Å². The van der Waals surface area contributed by atoms with E-state index in [1.165, 1.54) is 0 Å². The van der Waals surface area contributed by atoms with Crippen molar-refractivity contribution >= 4 is 38.5 Å². The number of halogens is 1. The van der Waals surface area contributed by atoms with Gasteiger partial charge in [-0.3, -0.25) is 4.79 Å². The first-order valence-corrected chi connectivity index (χ1v) is 8.39. The second-order valence-electron chi connectivity index (χ2n) is 6.00. The van der Waals surface area contributed by atoms with E-state index >= 15 is 0 Å². The van der Waals surface area contributed by atoms with Crippen molar-refractivity contribution in [3.63, 3.8) is 0 Å². The van der Waals surface area contributed by atoms with Crippen LogP contribution >= 0.6 is 15.9 Å². The fraction of sp³-hybridized carbons (Fsp3) is 0.211. The average molecular weight is 370 g/mol. The van der Waals surface area contributed by atoms with Gasteiger partial charge in [-0.1, -0.05) is 34.1 Å². The Morgan fingerprint density at radius 3 is 2.78 bits per heavy atom. The van der Waals surface area contributed by atoms with E-state index in [1.807, 2.05) is 43.4 Å². The van der Waals surface area contributed by atoms with Crippen LogP contribution in [0.2, 0.25) is 0 Å². The highest BCUT2D eigenvalue weighted by atomic mass is 79.9. The molecule has 0 radical (unpaired) electrons. The molecule has 116 valence electrons. The molecule has 4 heteroatoms. The van der Waals surface area contributed by atoms with E-state index in [-0.39, 0.29) is 11.8 Å². The van der Waals surface area contributed by atoms with Crippen LogP contribution in [-0.2, 0) is 11.2 Å². The summed E-state index contributed by atoms with van der Waals surface area (Å²) in [7, 11) is 1.83. The van der Waals surface area contributed by atoms with E-state index in [1.54, 1.807) is 4.90 Å². The third-order valence-corrected chi connectivity index (χ3v) is 5.18. The van der Waals surface area contributed by atoms with Crippen LogP contribution in [0.1, 0.15) is 22.8 Å². The molecule has 0 aliphatic carbocycles. The highest BCUT2D eigenvalue weighted by Crippen LogP contribution is 2.41. The molecule has 0 saturated heterocycles. The highest BCUT2D eigenvalue weighted by Gasteiger charge is 2.36. The van der Waals surface area contributed by atoms with Crippen molar-refractivity contribution in [3.8, 4) is 0 Å². The van der Waals surface area contributed by atoms with E-state index in [9.17, 15) is 4.79 Å². The van der Waals surface area contributed by atoms with E-state index in [2.05, 4.69) is 28.9 Å². The summed E-state index contributed by atoms with van der Waals surface area (Å²) in [5.74, 6) is 0.829. The first-order valence-electron chi connectivity index (χ1n) is 7.60. The van der Waals surface area contributed by atoms with Gasteiger partial charge in [0.1, 0.15) is 11.3 Å². The number of hydrogen-bond donors (Lipinski definition) is 0. The monoisotopic (exact) mass is 369 g/mol. The van der Waals surface area contributed by atoms with Gasteiger partial charge in [-0.15, -0.1) is 0 Å². The number of amides is 1. The number of furan rings is 1. The van der Waals surface area contributed by atoms with Gasteiger partial charge in [0.25, 0.3) is 0 Å². The van der Waals surface area contributed by atoms with E-state index < -0.39 is 0 Å². The predicted octanol–water partition coefficient (Wildman–Crippen LogP) is 4.81. The lowest BCUT2D eigenvalue weighted by molar-refractivity contribution is -0.119. The van der Waals surface area contributed by atoms with Gasteiger partial charge in [0.05, 0.1) is 5.92 Å². The lowest BCUT2D eigenvalue weighted by Gasteiger charge is -2.10. The number of carbonyl (C=O) groups is 1. The van der Waals surface area contributed by atoms with Crippen LogP contribution in [0.5, 0.6) is 0 Å². The molecule has 3 aromatic rings. The predicted molar refractivity (Wildman–Crippen MR) is 94.9 cm³/mol. The van der Waals surface area contributed by atoms with Crippen LogP contribution < -0.4 is 4.90 Å². The topological polar surface area (TPSA) is 33.5 Å². The Labute approximate surface area is 143 Å². The molecule has 1 aliphatic heterocycles. The molecular formula is C19H16BrNO2. The number of aryl methyl sites for hydroxylation is 1. The normalized spacial score (nSPS) is 17.1. The van der Waals surface area contributed by atoms with Crippen LogP contribution in [0.3, 0.4) is 0 Å². The number of hydrogen-bond acceptors (Lipinski definition) is 2. The van der Waals surface area contributed by atoms with E-state index in [0.717, 1.165) is 38.0 Å². The fourth-order valence-electron chi connectivity index (χ4n) is 3.40.